The summed E-state index contributed by atoms with van der Waals surface area (Å²) in [6, 6.07) is 23.9. The average molecular weight is 466 g/mol. The lowest BCUT2D eigenvalue weighted by Crippen LogP contribution is -2.00. The van der Waals surface area contributed by atoms with Crippen LogP contribution in [0.25, 0.3) is 17.7 Å². The van der Waals surface area contributed by atoms with Crippen molar-refractivity contribution >= 4 is 29.4 Å². The molecule has 0 saturated heterocycles. The van der Waals surface area contributed by atoms with Gasteiger partial charge in [-0.15, -0.1) is 0 Å². The average Bonchev–Trinajstić information content (AvgIpc) is 3.22. The molecule has 0 spiro atoms. The summed E-state index contributed by atoms with van der Waals surface area (Å²) in [7, 11) is 0. The first-order chi connectivity index (χ1) is 16.9. The molecule has 1 N–H and O–H groups in total. The largest absolute Gasteiger partial charge is 0.481 e. The quantitative estimate of drug-likeness (QED) is 0.204. The Hall–Kier alpha value is -3.92. The minimum absolute atomic E-state index is 0.0329. The Labute approximate surface area is 206 Å². The van der Waals surface area contributed by atoms with Gasteiger partial charge in [-0.3, -0.25) is 9.59 Å². The van der Waals surface area contributed by atoms with Gasteiger partial charge >= 0.3 is 5.97 Å². The number of carbonyl (C=O) groups is 2. The minimum Gasteiger partial charge on any atom is -0.481 e. The molecule has 0 aliphatic rings. The summed E-state index contributed by atoms with van der Waals surface area (Å²) < 4.78 is 1.98. The molecule has 0 radical (unpaired) electrons. The maximum atomic E-state index is 13.3. The van der Waals surface area contributed by atoms with Crippen LogP contribution in [-0.4, -0.2) is 21.3 Å². The van der Waals surface area contributed by atoms with Crippen LogP contribution in [0.15, 0.2) is 79.0 Å². The Balaban J connectivity index is 1.49. The third-order valence-corrected chi connectivity index (χ3v) is 6.09. The standard InChI is InChI=1S/C31H31NO3/c1-22(2)20-25-13-11-23(12-14-25)9-10-24-15-17-26(18-16-24)31(35)28-21-27(6-5-8-30(33)34)32-19-4-3-7-29(28)32/h3-4,7,9-19,21-22H,5-6,8,20H2,1-2H3,(H,33,34)/b10-9+. The first kappa shape index (κ1) is 24.2. The van der Waals surface area contributed by atoms with Gasteiger partial charge in [-0.05, 0) is 60.1 Å². The third kappa shape index (κ3) is 6.15. The molecule has 0 aliphatic carbocycles. The van der Waals surface area contributed by atoms with E-state index in [1.807, 2.05) is 59.1 Å². The first-order valence-corrected chi connectivity index (χ1v) is 12.1. The van der Waals surface area contributed by atoms with Crippen LogP contribution in [0.5, 0.6) is 0 Å². The van der Waals surface area contributed by atoms with E-state index in [0.29, 0.717) is 29.9 Å². The fourth-order valence-corrected chi connectivity index (χ4v) is 4.35. The van der Waals surface area contributed by atoms with Crippen molar-refractivity contribution in [3.63, 3.8) is 0 Å². The molecule has 0 aliphatic heterocycles. The molecule has 0 amide bonds. The van der Waals surface area contributed by atoms with Crippen LogP contribution < -0.4 is 0 Å². The van der Waals surface area contributed by atoms with Crippen LogP contribution in [0.4, 0.5) is 0 Å². The Bertz CT molecular complexity index is 1340. The van der Waals surface area contributed by atoms with Gasteiger partial charge in [0, 0.05) is 29.4 Å². The van der Waals surface area contributed by atoms with Crippen LogP contribution in [0.2, 0.25) is 0 Å². The molecule has 2 aromatic carbocycles. The number of carbonyl (C=O) groups excluding carboxylic acids is 1. The highest BCUT2D eigenvalue weighted by atomic mass is 16.4. The normalized spacial score (nSPS) is 11.5. The third-order valence-electron chi connectivity index (χ3n) is 6.09. The number of hydrogen-bond donors (Lipinski definition) is 1. The van der Waals surface area contributed by atoms with Crippen molar-refractivity contribution in [1.82, 2.24) is 4.40 Å². The number of aryl methyl sites for hydroxylation is 1. The monoisotopic (exact) mass is 465 g/mol. The molecule has 35 heavy (non-hydrogen) atoms. The fraction of sp³-hybridized carbons (Fsp3) is 0.226. The second kappa shape index (κ2) is 11.0. The lowest BCUT2D eigenvalue weighted by atomic mass is 10.0. The molecule has 0 unspecified atom stereocenters. The van der Waals surface area contributed by atoms with Crippen molar-refractivity contribution in [1.29, 1.82) is 0 Å². The van der Waals surface area contributed by atoms with E-state index >= 15 is 0 Å². The summed E-state index contributed by atoms with van der Waals surface area (Å²) in [5.74, 6) is -0.194. The Morgan fingerprint density at radius 2 is 1.57 bits per heavy atom. The molecule has 4 heteroatoms. The van der Waals surface area contributed by atoms with Crippen LogP contribution >= 0.6 is 0 Å². The lowest BCUT2D eigenvalue weighted by molar-refractivity contribution is -0.137. The number of ketones is 1. The molecule has 2 heterocycles. The highest BCUT2D eigenvalue weighted by molar-refractivity contribution is 6.13. The lowest BCUT2D eigenvalue weighted by Gasteiger charge is -2.05. The zero-order chi connectivity index (χ0) is 24.8. The molecular formula is C31H31NO3. The number of pyridine rings is 1. The summed E-state index contributed by atoms with van der Waals surface area (Å²) in [6.45, 7) is 4.45. The van der Waals surface area contributed by atoms with Gasteiger partial charge in [0.25, 0.3) is 0 Å². The van der Waals surface area contributed by atoms with Gasteiger partial charge in [0.05, 0.1) is 5.52 Å². The van der Waals surface area contributed by atoms with Gasteiger partial charge in [0.2, 0.25) is 0 Å². The number of aromatic nitrogens is 1. The number of carboxylic acids is 1. The van der Waals surface area contributed by atoms with Crippen LogP contribution in [0, 0.1) is 5.92 Å². The topological polar surface area (TPSA) is 58.8 Å². The zero-order valence-electron chi connectivity index (χ0n) is 20.3. The highest BCUT2D eigenvalue weighted by Gasteiger charge is 2.17. The predicted molar refractivity (Wildman–Crippen MR) is 142 cm³/mol. The van der Waals surface area contributed by atoms with Crippen LogP contribution in [-0.2, 0) is 17.6 Å². The van der Waals surface area contributed by atoms with Crippen molar-refractivity contribution in [2.24, 2.45) is 5.92 Å². The summed E-state index contributed by atoms with van der Waals surface area (Å²) in [4.78, 5) is 24.2. The van der Waals surface area contributed by atoms with Gasteiger partial charge in [0.1, 0.15) is 0 Å². The summed E-state index contributed by atoms with van der Waals surface area (Å²) in [6.07, 6.45) is 8.39. The molecule has 4 rings (SSSR count). The van der Waals surface area contributed by atoms with E-state index in [9.17, 15) is 9.59 Å². The Morgan fingerprint density at radius 1 is 0.914 bits per heavy atom. The molecular weight excluding hydrogens is 434 g/mol. The van der Waals surface area contributed by atoms with E-state index in [1.165, 1.54) is 5.56 Å². The zero-order valence-corrected chi connectivity index (χ0v) is 20.3. The number of carboxylic acid groups (broad SMARTS) is 1. The van der Waals surface area contributed by atoms with Gasteiger partial charge in [-0.2, -0.15) is 0 Å². The maximum absolute atomic E-state index is 13.3. The molecule has 4 aromatic rings. The summed E-state index contributed by atoms with van der Waals surface area (Å²) in [5, 5.41) is 8.95. The van der Waals surface area contributed by atoms with E-state index < -0.39 is 5.97 Å². The molecule has 178 valence electrons. The van der Waals surface area contributed by atoms with Crippen molar-refractivity contribution in [3.05, 3.63) is 113 Å². The van der Waals surface area contributed by atoms with Crippen LogP contribution in [0.3, 0.4) is 0 Å². The van der Waals surface area contributed by atoms with Crippen molar-refractivity contribution in [2.45, 2.75) is 39.5 Å². The molecule has 0 atom stereocenters. The molecule has 0 fully saturated rings. The van der Waals surface area contributed by atoms with Crippen LogP contribution in [0.1, 0.15) is 65.0 Å². The van der Waals surface area contributed by atoms with Gasteiger partial charge in [0.15, 0.2) is 5.78 Å². The van der Waals surface area contributed by atoms with E-state index in [-0.39, 0.29) is 12.2 Å². The maximum Gasteiger partial charge on any atom is 0.303 e. The van der Waals surface area contributed by atoms with E-state index in [0.717, 1.165) is 28.8 Å². The van der Waals surface area contributed by atoms with E-state index in [1.54, 1.807) is 0 Å². The van der Waals surface area contributed by atoms with Gasteiger partial charge in [-0.25, -0.2) is 0 Å². The van der Waals surface area contributed by atoms with Crippen molar-refractivity contribution in [2.75, 3.05) is 0 Å². The van der Waals surface area contributed by atoms with Crippen molar-refractivity contribution in [3.8, 4) is 0 Å². The number of fused-ring (bicyclic) bond motifs is 1. The second-order valence-electron chi connectivity index (χ2n) is 9.38. The number of aliphatic carboxylic acids is 1. The molecule has 2 aromatic heterocycles. The number of rotatable bonds is 10. The van der Waals surface area contributed by atoms with E-state index in [2.05, 4.69) is 50.3 Å². The predicted octanol–water partition coefficient (Wildman–Crippen LogP) is 6.95. The Morgan fingerprint density at radius 3 is 2.20 bits per heavy atom. The summed E-state index contributed by atoms with van der Waals surface area (Å²) >= 11 is 0. The second-order valence-corrected chi connectivity index (χ2v) is 9.38. The van der Waals surface area contributed by atoms with Crippen molar-refractivity contribution < 1.29 is 14.7 Å². The number of nitrogens with zero attached hydrogens (tertiary/aromatic N) is 1. The minimum atomic E-state index is -0.806. The number of hydrogen-bond acceptors (Lipinski definition) is 2. The number of benzene rings is 2. The molecule has 4 nitrogen and oxygen atoms in total. The van der Waals surface area contributed by atoms with Gasteiger partial charge < -0.3 is 9.51 Å². The SMILES string of the molecule is CC(C)Cc1ccc(/C=C/c2ccc(C(=O)c3cc(CCCC(=O)O)n4ccccc34)cc2)cc1. The smallest absolute Gasteiger partial charge is 0.303 e. The Kier molecular flexibility index (Phi) is 7.61. The first-order valence-electron chi connectivity index (χ1n) is 12.1. The molecule has 0 saturated carbocycles. The highest BCUT2D eigenvalue weighted by Crippen LogP contribution is 2.23. The van der Waals surface area contributed by atoms with E-state index in [4.69, 9.17) is 5.11 Å². The summed E-state index contributed by atoms with van der Waals surface area (Å²) in [5.41, 5.74) is 6.59. The fourth-order valence-electron chi connectivity index (χ4n) is 4.35. The van der Waals surface area contributed by atoms with Gasteiger partial charge in [-0.1, -0.05) is 80.6 Å². The molecule has 0 bridgehead atoms.